The second-order valence-electron chi connectivity index (χ2n) is 6.54. The maximum atomic E-state index is 13.1. The van der Waals surface area contributed by atoms with E-state index in [1.54, 1.807) is 35.6 Å². The van der Waals surface area contributed by atoms with Gasteiger partial charge >= 0.3 is 6.03 Å². The second-order valence-corrected chi connectivity index (χ2v) is 7.54. The fourth-order valence-electron chi connectivity index (χ4n) is 3.71. The largest absolute Gasteiger partial charge is 0.325 e. The van der Waals surface area contributed by atoms with Crippen LogP contribution in [0.15, 0.2) is 35.7 Å². The summed E-state index contributed by atoms with van der Waals surface area (Å²) in [6.07, 6.45) is 2.22. The molecule has 1 aliphatic heterocycles. The Bertz CT molecular complexity index is 993. The number of nitrogens with zero attached hydrogens (tertiary/aromatic N) is 2. The third-order valence-corrected chi connectivity index (χ3v) is 5.94. The van der Waals surface area contributed by atoms with Gasteiger partial charge in [-0.2, -0.15) is 5.26 Å². The first-order valence-electron chi connectivity index (χ1n) is 8.55. The number of urea groups is 1. The number of thiophene rings is 1. The average Bonchev–Trinajstić information content (AvgIpc) is 3.23. The highest BCUT2D eigenvalue weighted by Crippen LogP contribution is 2.42. The zero-order valence-corrected chi connectivity index (χ0v) is 15.1. The van der Waals surface area contributed by atoms with Gasteiger partial charge in [-0.3, -0.25) is 14.5 Å². The van der Waals surface area contributed by atoms with Gasteiger partial charge < -0.3 is 10.6 Å². The van der Waals surface area contributed by atoms with Crippen LogP contribution in [-0.4, -0.2) is 29.3 Å². The van der Waals surface area contributed by atoms with E-state index in [1.807, 2.05) is 17.5 Å². The molecule has 1 aromatic carbocycles. The molecule has 2 aromatic rings. The molecule has 2 N–H and O–H groups in total. The Morgan fingerprint density at radius 2 is 2.15 bits per heavy atom. The summed E-state index contributed by atoms with van der Waals surface area (Å²) in [7, 11) is 0. The average molecular weight is 380 g/mol. The molecule has 136 valence electrons. The van der Waals surface area contributed by atoms with Crippen LogP contribution in [0, 0.1) is 11.3 Å². The van der Waals surface area contributed by atoms with Gasteiger partial charge in [-0.15, -0.1) is 11.3 Å². The molecular weight excluding hydrogens is 364 g/mol. The van der Waals surface area contributed by atoms with E-state index in [-0.39, 0.29) is 0 Å². The van der Waals surface area contributed by atoms with E-state index < -0.39 is 29.9 Å². The van der Waals surface area contributed by atoms with Crippen molar-refractivity contribution in [1.82, 2.24) is 10.2 Å². The number of nitriles is 1. The maximum Gasteiger partial charge on any atom is 0.325 e. The fourth-order valence-corrected chi connectivity index (χ4v) is 4.71. The van der Waals surface area contributed by atoms with Crippen LogP contribution in [0.4, 0.5) is 10.5 Å². The Balaban J connectivity index is 1.54. The molecule has 1 aliphatic carbocycles. The molecule has 7 nitrogen and oxygen atoms in total. The lowest BCUT2D eigenvalue weighted by Gasteiger charge is -2.31. The van der Waals surface area contributed by atoms with Crippen molar-refractivity contribution in [3.63, 3.8) is 0 Å². The number of anilines is 1. The number of para-hydroxylation sites is 1. The van der Waals surface area contributed by atoms with Crippen LogP contribution in [-0.2, 0) is 21.5 Å². The minimum Gasteiger partial charge on any atom is -0.323 e. The van der Waals surface area contributed by atoms with Gasteiger partial charge in [0.1, 0.15) is 18.2 Å². The van der Waals surface area contributed by atoms with Crippen molar-refractivity contribution in [3.05, 3.63) is 51.7 Å². The van der Waals surface area contributed by atoms with E-state index in [0.717, 1.165) is 28.2 Å². The quantitative estimate of drug-likeness (QED) is 0.798. The molecule has 4 amide bonds. The predicted octanol–water partition coefficient (Wildman–Crippen LogP) is 2.34. The molecule has 1 aromatic heterocycles. The first kappa shape index (κ1) is 17.2. The molecule has 2 aliphatic rings. The third-order valence-electron chi connectivity index (χ3n) is 4.96. The normalized spacial score (nSPS) is 20.9. The van der Waals surface area contributed by atoms with E-state index in [9.17, 15) is 14.4 Å². The number of carbonyl (C=O) groups is 3. The first-order valence-corrected chi connectivity index (χ1v) is 9.43. The summed E-state index contributed by atoms with van der Waals surface area (Å²) in [6.45, 7) is -0.397. The summed E-state index contributed by atoms with van der Waals surface area (Å²) in [5.41, 5.74) is 0.448. The van der Waals surface area contributed by atoms with Crippen molar-refractivity contribution < 1.29 is 14.4 Å². The molecule has 0 unspecified atom stereocenters. The third kappa shape index (κ3) is 2.76. The van der Waals surface area contributed by atoms with Gasteiger partial charge in [0.05, 0.1) is 11.3 Å². The number of fused-ring (bicyclic) bond motifs is 2. The molecule has 1 saturated heterocycles. The summed E-state index contributed by atoms with van der Waals surface area (Å²) in [6, 6.07) is 9.87. The van der Waals surface area contributed by atoms with Gasteiger partial charge in [-0.1, -0.05) is 12.1 Å². The van der Waals surface area contributed by atoms with Gasteiger partial charge in [0.15, 0.2) is 0 Å². The highest BCUT2D eigenvalue weighted by atomic mass is 32.1. The van der Waals surface area contributed by atoms with Crippen molar-refractivity contribution in [3.8, 4) is 6.07 Å². The Hall–Kier alpha value is -3.18. The van der Waals surface area contributed by atoms with Crippen LogP contribution in [0.5, 0.6) is 0 Å². The van der Waals surface area contributed by atoms with Crippen molar-refractivity contribution in [2.45, 2.75) is 24.8 Å². The number of amides is 4. The smallest absolute Gasteiger partial charge is 0.323 e. The Labute approximate surface area is 159 Å². The van der Waals surface area contributed by atoms with Crippen LogP contribution in [0.3, 0.4) is 0 Å². The topological polar surface area (TPSA) is 102 Å². The molecule has 1 spiro atoms. The zero-order chi connectivity index (χ0) is 19.0. The number of rotatable bonds is 3. The van der Waals surface area contributed by atoms with Crippen molar-refractivity contribution in [2.24, 2.45) is 0 Å². The predicted molar refractivity (Wildman–Crippen MR) is 99.0 cm³/mol. The Morgan fingerprint density at radius 1 is 1.33 bits per heavy atom. The summed E-state index contributed by atoms with van der Waals surface area (Å²) in [4.78, 5) is 40.0. The van der Waals surface area contributed by atoms with Gasteiger partial charge in [0.2, 0.25) is 5.91 Å². The van der Waals surface area contributed by atoms with Crippen molar-refractivity contribution in [2.75, 3.05) is 11.9 Å². The highest BCUT2D eigenvalue weighted by Gasteiger charge is 2.54. The van der Waals surface area contributed by atoms with E-state index in [2.05, 4.69) is 10.6 Å². The van der Waals surface area contributed by atoms with E-state index in [1.165, 1.54) is 0 Å². The van der Waals surface area contributed by atoms with Gasteiger partial charge in [0.25, 0.3) is 5.91 Å². The summed E-state index contributed by atoms with van der Waals surface area (Å²) >= 11 is 1.58. The molecule has 4 rings (SSSR count). The number of hydrogen-bond acceptors (Lipinski definition) is 5. The number of hydrogen-bond donors (Lipinski definition) is 2. The van der Waals surface area contributed by atoms with E-state index >= 15 is 0 Å². The maximum absolute atomic E-state index is 13.1. The fraction of sp³-hybridized carbons (Fsp3) is 0.263. The van der Waals surface area contributed by atoms with Crippen molar-refractivity contribution >= 4 is 34.9 Å². The lowest BCUT2D eigenvalue weighted by Crippen LogP contribution is -2.46. The molecular formula is C19H16N4O3S. The van der Waals surface area contributed by atoms with E-state index in [0.29, 0.717) is 17.7 Å². The summed E-state index contributed by atoms with van der Waals surface area (Å²) in [5, 5.41) is 16.4. The lowest BCUT2D eigenvalue weighted by atomic mass is 9.80. The van der Waals surface area contributed by atoms with Crippen LogP contribution >= 0.6 is 11.3 Å². The SMILES string of the molecule is N#Cc1ccccc1NC(=O)CN1C(=O)N[C@]2(CCCc3sccc32)C1=O. The molecule has 2 heterocycles. The van der Waals surface area contributed by atoms with Gasteiger partial charge in [-0.05, 0) is 42.8 Å². The minimum absolute atomic E-state index is 0.315. The first-order chi connectivity index (χ1) is 13.0. The number of imide groups is 1. The minimum atomic E-state index is -1.06. The number of benzene rings is 1. The van der Waals surface area contributed by atoms with Crippen LogP contribution in [0.2, 0.25) is 0 Å². The zero-order valence-electron chi connectivity index (χ0n) is 14.3. The lowest BCUT2D eigenvalue weighted by molar-refractivity contribution is -0.134. The second kappa shape index (κ2) is 6.52. The number of aryl methyl sites for hydroxylation is 1. The molecule has 0 bridgehead atoms. The van der Waals surface area contributed by atoms with Crippen molar-refractivity contribution in [1.29, 1.82) is 5.26 Å². The number of nitrogens with one attached hydrogen (secondary N) is 2. The monoisotopic (exact) mass is 380 g/mol. The Kier molecular flexibility index (Phi) is 4.16. The molecule has 0 saturated carbocycles. The Morgan fingerprint density at radius 3 is 2.96 bits per heavy atom. The molecule has 27 heavy (non-hydrogen) atoms. The molecule has 1 fully saturated rings. The molecule has 0 radical (unpaired) electrons. The van der Waals surface area contributed by atoms with Crippen LogP contribution in [0.25, 0.3) is 0 Å². The van der Waals surface area contributed by atoms with Gasteiger partial charge in [0, 0.05) is 10.4 Å². The highest BCUT2D eigenvalue weighted by molar-refractivity contribution is 7.10. The van der Waals surface area contributed by atoms with Crippen LogP contribution in [0.1, 0.15) is 28.8 Å². The molecule has 1 atom stereocenters. The van der Waals surface area contributed by atoms with Gasteiger partial charge in [-0.25, -0.2) is 4.79 Å². The summed E-state index contributed by atoms with van der Waals surface area (Å²) in [5.74, 6) is -0.921. The van der Waals surface area contributed by atoms with E-state index in [4.69, 9.17) is 5.26 Å². The van der Waals surface area contributed by atoms with Crippen LogP contribution < -0.4 is 10.6 Å². The standard InChI is InChI=1S/C19H16N4O3S/c20-10-12-4-1-2-5-14(12)21-16(24)11-23-17(25)19(22-18(23)26)8-3-6-15-13(19)7-9-27-15/h1-2,4-5,7,9H,3,6,8,11H2,(H,21,24)(H,22,26)/t19-/m0/s1. The number of carbonyl (C=O) groups excluding carboxylic acids is 3. The summed E-state index contributed by atoms with van der Waals surface area (Å²) < 4.78 is 0. The molecule has 8 heteroatoms.